The zero-order valence-electron chi connectivity index (χ0n) is 11.5. The van der Waals surface area contributed by atoms with Crippen molar-refractivity contribution >= 4 is 21.9 Å². The predicted molar refractivity (Wildman–Crippen MR) is 79.1 cm³/mol. The number of hydrogen-bond donors (Lipinski definition) is 1. The van der Waals surface area contributed by atoms with Gasteiger partial charge in [-0.3, -0.25) is 4.90 Å². The summed E-state index contributed by atoms with van der Waals surface area (Å²) < 4.78 is 14.9. The molecule has 0 radical (unpaired) electrons. The largest absolute Gasteiger partial charge is 0.480 e. The first-order chi connectivity index (χ1) is 9.46. The molecule has 20 heavy (non-hydrogen) atoms. The van der Waals surface area contributed by atoms with Gasteiger partial charge in [-0.15, -0.1) is 0 Å². The molecule has 1 N–H and O–H groups in total. The number of carboxylic acids is 1. The Balaban J connectivity index is 2.47. The Morgan fingerprint density at radius 1 is 1.30 bits per heavy atom. The fraction of sp³-hybridized carbons (Fsp3) is 0.533. The summed E-state index contributed by atoms with van der Waals surface area (Å²) in [6.07, 6.45) is 4.12. The van der Waals surface area contributed by atoms with Gasteiger partial charge < -0.3 is 5.11 Å². The van der Waals surface area contributed by atoms with Gasteiger partial charge in [0.25, 0.3) is 0 Å². The van der Waals surface area contributed by atoms with Gasteiger partial charge in [0.05, 0.1) is 0 Å². The minimum atomic E-state index is -1.32. The normalized spacial score (nSPS) is 20.1. The average molecular weight is 344 g/mol. The number of nitrogens with zero attached hydrogens (tertiary/aromatic N) is 1. The van der Waals surface area contributed by atoms with Crippen LogP contribution >= 0.6 is 15.9 Å². The summed E-state index contributed by atoms with van der Waals surface area (Å²) >= 11 is 3.30. The molecule has 2 rings (SSSR count). The second-order valence-corrected chi connectivity index (χ2v) is 6.32. The van der Waals surface area contributed by atoms with Crippen molar-refractivity contribution in [1.82, 2.24) is 4.90 Å². The molecule has 1 aliphatic rings. The zero-order valence-corrected chi connectivity index (χ0v) is 13.1. The average Bonchev–Trinajstić information content (AvgIpc) is 2.69. The van der Waals surface area contributed by atoms with Crippen LogP contribution in [0.3, 0.4) is 0 Å². The van der Waals surface area contributed by atoms with Crippen molar-refractivity contribution < 1.29 is 14.3 Å². The predicted octanol–water partition coefficient (Wildman–Crippen LogP) is 3.76. The second-order valence-electron chi connectivity index (χ2n) is 5.40. The van der Waals surface area contributed by atoms with E-state index in [1.807, 2.05) is 4.90 Å². The number of likely N-dealkylation sites (tertiary alicyclic amines) is 1. The maximum absolute atomic E-state index is 14.2. The Morgan fingerprint density at radius 2 is 1.90 bits per heavy atom. The molecule has 1 saturated heterocycles. The first-order valence-electron chi connectivity index (χ1n) is 6.90. The number of hydrogen-bond acceptors (Lipinski definition) is 2. The van der Waals surface area contributed by atoms with Crippen LogP contribution in [-0.2, 0) is 10.3 Å². The van der Waals surface area contributed by atoms with E-state index in [4.69, 9.17) is 0 Å². The molecule has 0 spiro atoms. The number of carbonyl (C=O) groups is 1. The molecule has 1 atom stereocenters. The van der Waals surface area contributed by atoms with Gasteiger partial charge in [-0.1, -0.05) is 28.8 Å². The maximum atomic E-state index is 14.2. The number of aliphatic carboxylic acids is 1. The van der Waals surface area contributed by atoms with Crippen molar-refractivity contribution in [3.05, 3.63) is 34.1 Å². The lowest BCUT2D eigenvalue weighted by Gasteiger charge is -2.38. The van der Waals surface area contributed by atoms with Crippen LogP contribution in [0.1, 0.15) is 38.2 Å². The lowest BCUT2D eigenvalue weighted by atomic mass is 9.89. The molecule has 1 aromatic rings. The molecule has 1 aliphatic heterocycles. The number of halogens is 2. The number of carboxylic acid groups (broad SMARTS) is 1. The monoisotopic (exact) mass is 343 g/mol. The summed E-state index contributed by atoms with van der Waals surface area (Å²) in [5.74, 6) is -1.47. The molecule has 0 bridgehead atoms. The van der Waals surface area contributed by atoms with Crippen molar-refractivity contribution in [2.24, 2.45) is 0 Å². The van der Waals surface area contributed by atoms with E-state index in [1.165, 1.54) is 6.07 Å². The van der Waals surface area contributed by atoms with Gasteiger partial charge >= 0.3 is 5.97 Å². The highest BCUT2D eigenvalue weighted by molar-refractivity contribution is 9.10. The van der Waals surface area contributed by atoms with E-state index < -0.39 is 17.3 Å². The van der Waals surface area contributed by atoms with Crippen molar-refractivity contribution in [3.63, 3.8) is 0 Å². The van der Waals surface area contributed by atoms with Crippen molar-refractivity contribution in [2.75, 3.05) is 13.1 Å². The lowest BCUT2D eigenvalue weighted by molar-refractivity contribution is -0.151. The molecule has 1 heterocycles. The molecule has 3 nitrogen and oxygen atoms in total. The number of benzene rings is 1. The Hall–Kier alpha value is -0.940. The smallest absolute Gasteiger partial charge is 0.328 e. The van der Waals surface area contributed by atoms with Crippen LogP contribution in [0.2, 0.25) is 0 Å². The Labute approximate surface area is 126 Å². The fourth-order valence-corrected chi connectivity index (χ4v) is 3.17. The lowest BCUT2D eigenvalue weighted by Crippen LogP contribution is -2.50. The van der Waals surface area contributed by atoms with E-state index in [-0.39, 0.29) is 5.56 Å². The van der Waals surface area contributed by atoms with Crippen LogP contribution < -0.4 is 0 Å². The van der Waals surface area contributed by atoms with Crippen molar-refractivity contribution in [2.45, 2.75) is 38.1 Å². The molecule has 110 valence electrons. The maximum Gasteiger partial charge on any atom is 0.328 e. The van der Waals surface area contributed by atoms with E-state index in [9.17, 15) is 14.3 Å². The molecular formula is C15H19BrFNO2. The Bertz CT molecular complexity index is 501. The quantitative estimate of drug-likeness (QED) is 0.908. The highest BCUT2D eigenvalue weighted by Gasteiger charge is 2.43. The fourth-order valence-electron chi connectivity index (χ4n) is 2.81. The van der Waals surface area contributed by atoms with Gasteiger partial charge in [-0.05, 0) is 51.1 Å². The van der Waals surface area contributed by atoms with Gasteiger partial charge in [-0.25, -0.2) is 9.18 Å². The van der Waals surface area contributed by atoms with Crippen LogP contribution in [-0.4, -0.2) is 29.1 Å². The minimum Gasteiger partial charge on any atom is -0.480 e. The molecule has 0 aromatic heterocycles. The van der Waals surface area contributed by atoms with Crippen LogP contribution in [0.15, 0.2) is 22.7 Å². The second kappa shape index (κ2) is 6.22. The molecule has 0 aliphatic carbocycles. The summed E-state index contributed by atoms with van der Waals surface area (Å²) in [4.78, 5) is 13.8. The first-order valence-corrected chi connectivity index (χ1v) is 7.69. The molecule has 0 saturated carbocycles. The van der Waals surface area contributed by atoms with Crippen LogP contribution in [0, 0.1) is 5.82 Å². The molecule has 5 heteroatoms. The van der Waals surface area contributed by atoms with E-state index in [0.29, 0.717) is 17.6 Å². The van der Waals surface area contributed by atoms with Gasteiger partial charge in [-0.2, -0.15) is 0 Å². The summed E-state index contributed by atoms with van der Waals surface area (Å²) in [6.45, 7) is 2.98. The third kappa shape index (κ3) is 2.88. The summed E-state index contributed by atoms with van der Waals surface area (Å²) in [7, 11) is 0. The highest BCUT2D eigenvalue weighted by Crippen LogP contribution is 2.34. The highest BCUT2D eigenvalue weighted by atomic mass is 79.9. The van der Waals surface area contributed by atoms with Crippen LogP contribution in [0.5, 0.6) is 0 Å². The number of rotatable bonds is 3. The van der Waals surface area contributed by atoms with Crippen molar-refractivity contribution in [1.29, 1.82) is 0 Å². The third-order valence-electron chi connectivity index (χ3n) is 4.11. The zero-order chi connectivity index (χ0) is 14.8. The third-order valence-corrected chi connectivity index (χ3v) is 4.60. The van der Waals surface area contributed by atoms with Gasteiger partial charge in [0.15, 0.2) is 0 Å². The molecule has 0 amide bonds. The SMILES string of the molecule is CC(C(=O)O)(c1cc(Br)ccc1F)N1CCCCCC1. The van der Waals surface area contributed by atoms with Crippen LogP contribution in [0.4, 0.5) is 4.39 Å². The van der Waals surface area contributed by atoms with E-state index in [2.05, 4.69) is 15.9 Å². The molecule has 1 unspecified atom stereocenters. The van der Waals surface area contributed by atoms with E-state index in [0.717, 1.165) is 25.7 Å². The van der Waals surface area contributed by atoms with Gasteiger partial charge in [0, 0.05) is 10.0 Å². The Kier molecular flexibility index (Phi) is 4.81. The summed E-state index contributed by atoms with van der Waals surface area (Å²) in [5.41, 5.74) is -1.10. The van der Waals surface area contributed by atoms with Crippen LogP contribution in [0.25, 0.3) is 0 Å². The molecule has 1 fully saturated rings. The summed E-state index contributed by atoms with van der Waals surface area (Å²) in [6, 6.07) is 4.48. The van der Waals surface area contributed by atoms with Gasteiger partial charge in [0.2, 0.25) is 0 Å². The summed E-state index contributed by atoms with van der Waals surface area (Å²) in [5, 5.41) is 9.72. The minimum absolute atomic E-state index is 0.223. The van der Waals surface area contributed by atoms with E-state index >= 15 is 0 Å². The molecule has 1 aromatic carbocycles. The van der Waals surface area contributed by atoms with E-state index in [1.54, 1.807) is 19.1 Å². The van der Waals surface area contributed by atoms with Gasteiger partial charge in [0.1, 0.15) is 11.4 Å². The topological polar surface area (TPSA) is 40.5 Å². The first kappa shape index (κ1) is 15.4. The standard InChI is InChI=1S/C15H19BrFNO2/c1-15(14(19)20,18-8-4-2-3-5-9-18)12-10-11(16)6-7-13(12)17/h6-7,10H,2-5,8-9H2,1H3,(H,19,20). The molecular weight excluding hydrogens is 325 g/mol. The van der Waals surface area contributed by atoms with Crippen molar-refractivity contribution in [3.8, 4) is 0 Å². The Morgan fingerprint density at radius 3 is 2.45 bits per heavy atom.